The molecular weight excluding hydrogens is 322 g/mol. The first-order chi connectivity index (χ1) is 9.61. The highest BCUT2D eigenvalue weighted by Crippen LogP contribution is 2.24. The zero-order valence-corrected chi connectivity index (χ0v) is 13.0. The molecule has 2 aromatic rings. The molecule has 0 saturated carbocycles. The number of imidazole rings is 1. The van der Waals surface area contributed by atoms with Gasteiger partial charge in [0.05, 0.1) is 30.7 Å². The first-order valence-electron chi connectivity index (χ1n) is 6.31. The molecule has 2 N–H and O–H groups in total. The third-order valence-corrected chi connectivity index (χ3v) is 3.52. The molecule has 1 aromatic carbocycles. The molecule has 1 heterocycles. The summed E-state index contributed by atoms with van der Waals surface area (Å²) in [6.45, 7) is 4.75. The van der Waals surface area contributed by atoms with Gasteiger partial charge in [-0.05, 0) is 48.0 Å². The topological polar surface area (TPSA) is 67.0 Å². The Morgan fingerprint density at radius 1 is 1.50 bits per heavy atom. The number of hydrogen-bond acceptors (Lipinski definition) is 4. The fraction of sp³-hybridized carbons (Fsp3) is 0.286. The molecule has 106 valence electrons. The van der Waals surface area contributed by atoms with Gasteiger partial charge in [0.15, 0.2) is 0 Å². The molecule has 6 heteroatoms. The number of H-pyrrole nitrogens is 1. The number of nitrogens with zero attached hydrogens (tertiary/aromatic N) is 1. The Hall–Kier alpha value is -1.82. The maximum Gasteiger partial charge on any atom is 0.338 e. The lowest BCUT2D eigenvalue weighted by Gasteiger charge is -2.09. The Kier molecular flexibility index (Phi) is 4.79. The standard InChI is InChI=1S/C14H16BrN3O2/c1-3-20-14(19)10-4-5-12(11(15)6-10)16-7-13-9(2)17-8-18-13/h4-6,8,16H,3,7H2,1-2H3,(H,17,18). The molecule has 0 bridgehead atoms. The maximum absolute atomic E-state index is 11.6. The normalized spacial score (nSPS) is 10.3. The molecule has 1 aromatic heterocycles. The third-order valence-electron chi connectivity index (χ3n) is 2.86. The van der Waals surface area contributed by atoms with Crippen molar-refractivity contribution >= 4 is 27.6 Å². The second kappa shape index (κ2) is 6.56. The zero-order valence-electron chi connectivity index (χ0n) is 11.4. The van der Waals surface area contributed by atoms with Crippen LogP contribution in [0, 0.1) is 6.92 Å². The van der Waals surface area contributed by atoms with Gasteiger partial charge in [-0.3, -0.25) is 0 Å². The van der Waals surface area contributed by atoms with Gasteiger partial charge >= 0.3 is 5.97 Å². The summed E-state index contributed by atoms with van der Waals surface area (Å²) in [5.41, 5.74) is 3.43. The Bertz CT molecular complexity index is 610. The van der Waals surface area contributed by atoms with Crippen LogP contribution in [0.1, 0.15) is 28.7 Å². The molecule has 20 heavy (non-hydrogen) atoms. The molecule has 0 unspecified atom stereocenters. The van der Waals surface area contributed by atoms with Gasteiger partial charge in [0, 0.05) is 15.9 Å². The van der Waals surface area contributed by atoms with Crippen molar-refractivity contribution in [1.29, 1.82) is 0 Å². The fourth-order valence-electron chi connectivity index (χ4n) is 1.74. The molecule has 0 aliphatic rings. The molecule has 5 nitrogen and oxygen atoms in total. The van der Waals surface area contributed by atoms with E-state index in [9.17, 15) is 4.79 Å². The number of carbonyl (C=O) groups is 1. The van der Waals surface area contributed by atoms with Crippen molar-refractivity contribution in [3.63, 3.8) is 0 Å². The molecule has 0 amide bonds. The maximum atomic E-state index is 11.6. The van der Waals surface area contributed by atoms with Crippen LogP contribution in [-0.2, 0) is 11.3 Å². The Labute approximate surface area is 125 Å². The van der Waals surface area contributed by atoms with Crippen molar-refractivity contribution in [3.05, 3.63) is 46.0 Å². The number of carbonyl (C=O) groups excluding carboxylic acids is 1. The summed E-state index contributed by atoms with van der Waals surface area (Å²) in [5, 5.41) is 3.27. The second-order valence-electron chi connectivity index (χ2n) is 4.24. The summed E-state index contributed by atoms with van der Waals surface area (Å²) >= 11 is 3.45. The molecule has 0 saturated heterocycles. The van der Waals surface area contributed by atoms with Crippen molar-refractivity contribution in [2.45, 2.75) is 20.4 Å². The minimum Gasteiger partial charge on any atom is -0.462 e. The quantitative estimate of drug-likeness (QED) is 0.821. The van der Waals surface area contributed by atoms with E-state index in [1.807, 2.05) is 13.0 Å². The van der Waals surface area contributed by atoms with Crippen LogP contribution in [-0.4, -0.2) is 22.5 Å². The van der Waals surface area contributed by atoms with Gasteiger partial charge in [-0.2, -0.15) is 0 Å². The van der Waals surface area contributed by atoms with E-state index in [2.05, 4.69) is 31.2 Å². The average molecular weight is 338 g/mol. The molecule has 0 fully saturated rings. The Balaban J connectivity index is 2.06. The van der Waals surface area contributed by atoms with Crippen LogP contribution in [0.15, 0.2) is 29.0 Å². The average Bonchev–Trinajstić information content (AvgIpc) is 2.83. The summed E-state index contributed by atoms with van der Waals surface area (Å²) < 4.78 is 5.78. The third kappa shape index (κ3) is 3.39. The van der Waals surface area contributed by atoms with Gasteiger partial charge in [-0.15, -0.1) is 0 Å². The summed E-state index contributed by atoms with van der Waals surface area (Å²) in [6, 6.07) is 5.33. The number of hydrogen-bond donors (Lipinski definition) is 2. The first-order valence-corrected chi connectivity index (χ1v) is 7.10. The highest BCUT2D eigenvalue weighted by atomic mass is 79.9. The number of halogens is 1. The lowest BCUT2D eigenvalue weighted by Crippen LogP contribution is -2.06. The van der Waals surface area contributed by atoms with Gasteiger partial charge in [-0.1, -0.05) is 0 Å². The van der Waals surface area contributed by atoms with E-state index in [1.165, 1.54) is 0 Å². The number of ether oxygens (including phenoxy) is 1. The minimum atomic E-state index is -0.317. The number of benzene rings is 1. The Morgan fingerprint density at radius 3 is 2.90 bits per heavy atom. The number of esters is 1. The lowest BCUT2D eigenvalue weighted by molar-refractivity contribution is 0.0526. The molecule has 0 radical (unpaired) electrons. The molecule has 0 atom stereocenters. The van der Waals surface area contributed by atoms with Gasteiger partial charge in [0.25, 0.3) is 0 Å². The smallest absolute Gasteiger partial charge is 0.338 e. The number of aromatic amines is 1. The molecule has 0 spiro atoms. The zero-order chi connectivity index (χ0) is 14.5. The van der Waals surface area contributed by atoms with Crippen LogP contribution in [0.2, 0.25) is 0 Å². The van der Waals surface area contributed by atoms with E-state index in [1.54, 1.807) is 25.4 Å². The van der Waals surface area contributed by atoms with E-state index < -0.39 is 0 Å². The van der Waals surface area contributed by atoms with E-state index in [0.29, 0.717) is 18.7 Å². The van der Waals surface area contributed by atoms with Crippen LogP contribution in [0.25, 0.3) is 0 Å². The predicted molar refractivity (Wildman–Crippen MR) is 80.7 cm³/mol. The van der Waals surface area contributed by atoms with Crippen LogP contribution in [0.5, 0.6) is 0 Å². The number of anilines is 1. The summed E-state index contributed by atoms with van der Waals surface area (Å²) in [4.78, 5) is 18.9. The highest BCUT2D eigenvalue weighted by molar-refractivity contribution is 9.10. The minimum absolute atomic E-state index is 0.317. The predicted octanol–water partition coefficient (Wildman–Crippen LogP) is 3.27. The van der Waals surface area contributed by atoms with E-state index in [0.717, 1.165) is 21.5 Å². The number of aryl methyl sites for hydroxylation is 1. The molecule has 2 rings (SSSR count). The highest BCUT2D eigenvalue weighted by Gasteiger charge is 2.09. The number of rotatable bonds is 5. The van der Waals surface area contributed by atoms with Crippen molar-refractivity contribution < 1.29 is 9.53 Å². The monoisotopic (exact) mass is 337 g/mol. The van der Waals surface area contributed by atoms with Crippen LogP contribution in [0.3, 0.4) is 0 Å². The Morgan fingerprint density at radius 2 is 2.30 bits per heavy atom. The SMILES string of the molecule is CCOC(=O)c1ccc(NCc2nc[nH]c2C)c(Br)c1. The van der Waals surface area contributed by atoms with E-state index in [4.69, 9.17) is 4.74 Å². The van der Waals surface area contributed by atoms with Crippen molar-refractivity contribution in [3.8, 4) is 0 Å². The summed E-state index contributed by atoms with van der Waals surface area (Å²) in [6.07, 6.45) is 1.67. The first kappa shape index (κ1) is 14.6. The van der Waals surface area contributed by atoms with Gasteiger partial charge in [0.1, 0.15) is 0 Å². The van der Waals surface area contributed by atoms with E-state index >= 15 is 0 Å². The van der Waals surface area contributed by atoms with Crippen LogP contribution in [0.4, 0.5) is 5.69 Å². The summed E-state index contributed by atoms with van der Waals surface area (Å²) in [7, 11) is 0. The molecule has 0 aliphatic heterocycles. The fourth-order valence-corrected chi connectivity index (χ4v) is 2.26. The van der Waals surface area contributed by atoms with Gasteiger partial charge in [0.2, 0.25) is 0 Å². The number of nitrogens with one attached hydrogen (secondary N) is 2. The second-order valence-corrected chi connectivity index (χ2v) is 5.10. The summed E-state index contributed by atoms with van der Waals surface area (Å²) in [5.74, 6) is -0.317. The lowest BCUT2D eigenvalue weighted by atomic mass is 10.2. The van der Waals surface area contributed by atoms with Crippen molar-refractivity contribution in [1.82, 2.24) is 9.97 Å². The van der Waals surface area contributed by atoms with Crippen molar-refractivity contribution in [2.75, 3.05) is 11.9 Å². The van der Waals surface area contributed by atoms with Gasteiger partial charge < -0.3 is 15.0 Å². The molecule has 0 aliphatic carbocycles. The van der Waals surface area contributed by atoms with Crippen LogP contribution < -0.4 is 5.32 Å². The van der Waals surface area contributed by atoms with Gasteiger partial charge in [-0.25, -0.2) is 9.78 Å². The number of aromatic nitrogens is 2. The van der Waals surface area contributed by atoms with Crippen LogP contribution >= 0.6 is 15.9 Å². The van der Waals surface area contributed by atoms with Crippen molar-refractivity contribution in [2.24, 2.45) is 0 Å². The van der Waals surface area contributed by atoms with E-state index in [-0.39, 0.29) is 5.97 Å². The largest absolute Gasteiger partial charge is 0.462 e. The molecular formula is C14H16BrN3O2.